The van der Waals surface area contributed by atoms with E-state index in [-0.39, 0.29) is 24.7 Å². The highest BCUT2D eigenvalue weighted by Gasteiger charge is 2.29. The van der Waals surface area contributed by atoms with Crippen LogP contribution in [0, 0.1) is 0 Å². The van der Waals surface area contributed by atoms with Crippen molar-refractivity contribution in [2.45, 2.75) is 32.6 Å². The number of amides is 1. The number of ether oxygens (including phenoxy) is 1. The second-order valence-electron chi connectivity index (χ2n) is 4.79. The molecule has 2 heterocycles. The van der Waals surface area contributed by atoms with E-state index in [0.29, 0.717) is 30.4 Å². The van der Waals surface area contributed by atoms with Gasteiger partial charge < -0.3 is 19.3 Å². The Bertz CT molecular complexity index is 461. The summed E-state index contributed by atoms with van der Waals surface area (Å²) in [4.78, 5) is 14.2. The summed E-state index contributed by atoms with van der Waals surface area (Å²) in [5.41, 5.74) is 0.582. The second kappa shape index (κ2) is 5.94. The molecule has 2 rings (SSSR count). The maximum Gasteiger partial charge on any atom is 0.270 e. The molecule has 0 spiro atoms. The number of hydrogen-bond acceptors (Lipinski definition) is 3. The highest BCUT2D eigenvalue weighted by atomic mass is 35.5. The highest BCUT2D eigenvalue weighted by Crippen LogP contribution is 2.19. The van der Waals surface area contributed by atoms with E-state index < -0.39 is 0 Å². The van der Waals surface area contributed by atoms with Gasteiger partial charge >= 0.3 is 0 Å². The van der Waals surface area contributed by atoms with Crippen LogP contribution in [0.5, 0.6) is 0 Å². The number of hydrogen-bond donors (Lipinski definition) is 1. The zero-order chi connectivity index (χ0) is 14.0. The summed E-state index contributed by atoms with van der Waals surface area (Å²) in [5.74, 6) is -0.0673. The van der Waals surface area contributed by atoms with Gasteiger partial charge in [-0.1, -0.05) is 11.6 Å². The Morgan fingerprint density at radius 1 is 1.58 bits per heavy atom. The van der Waals surface area contributed by atoms with Gasteiger partial charge in [0.2, 0.25) is 0 Å². The molecule has 1 amide bonds. The van der Waals surface area contributed by atoms with Crippen LogP contribution in [0.25, 0.3) is 0 Å². The van der Waals surface area contributed by atoms with E-state index in [2.05, 4.69) is 0 Å². The Morgan fingerprint density at radius 3 is 2.95 bits per heavy atom. The Labute approximate surface area is 117 Å². The molecule has 0 radical (unpaired) electrons. The fourth-order valence-electron chi connectivity index (χ4n) is 2.39. The largest absolute Gasteiger partial charge is 0.394 e. The molecular weight excluding hydrogens is 268 g/mol. The molecule has 0 aromatic carbocycles. The van der Waals surface area contributed by atoms with Crippen LogP contribution in [0.3, 0.4) is 0 Å². The lowest BCUT2D eigenvalue weighted by molar-refractivity contribution is -0.0860. The van der Waals surface area contributed by atoms with Gasteiger partial charge in [-0.15, -0.1) is 0 Å². The minimum absolute atomic E-state index is 0.0673. The molecule has 0 bridgehead atoms. The third-order valence-corrected chi connectivity index (χ3v) is 3.45. The fraction of sp³-hybridized carbons (Fsp3) is 0.615. The average Bonchev–Trinajstić information content (AvgIpc) is 2.78. The molecule has 1 aromatic heterocycles. The third-order valence-electron chi connectivity index (χ3n) is 3.24. The van der Waals surface area contributed by atoms with Crippen LogP contribution in [0.15, 0.2) is 12.3 Å². The topological polar surface area (TPSA) is 54.7 Å². The number of halogens is 1. The minimum Gasteiger partial charge on any atom is -0.394 e. The monoisotopic (exact) mass is 286 g/mol. The fourth-order valence-corrected chi connectivity index (χ4v) is 2.61. The van der Waals surface area contributed by atoms with E-state index in [1.54, 1.807) is 17.2 Å². The Balaban J connectivity index is 2.18. The molecule has 19 heavy (non-hydrogen) atoms. The van der Waals surface area contributed by atoms with E-state index >= 15 is 0 Å². The first-order chi connectivity index (χ1) is 9.05. The van der Waals surface area contributed by atoms with Crippen molar-refractivity contribution in [2.24, 2.45) is 0 Å². The van der Waals surface area contributed by atoms with Crippen LogP contribution in [-0.4, -0.2) is 52.4 Å². The highest BCUT2D eigenvalue weighted by molar-refractivity contribution is 6.31. The minimum atomic E-state index is -0.312. The van der Waals surface area contributed by atoms with Gasteiger partial charge in [0.15, 0.2) is 0 Å². The maximum absolute atomic E-state index is 12.5. The van der Waals surface area contributed by atoms with Gasteiger partial charge in [-0.05, 0) is 19.9 Å². The molecule has 1 aliphatic rings. The average molecular weight is 287 g/mol. The third kappa shape index (κ3) is 3.11. The van der Waals surface area contributed by atoms with E-state index in [9.17, 15) is 9.90 Å². The first-order valence-corrected chi connectivity index (χ1v) is 6.84. The molecular formula is C13H19ClN2O3. The molecule has 2 unspecified atom stereocenters. The second-order valence-corrected chi connectivity index (χ2v) is 5.23. The van der Waals surface area contributed by atoms with Gasteiger partial charge in [0.25, 0.3) is 5.91 Å². The van der Waals surface area contributed by atoms with Crippen LogP contribution < -0.4 is 0 Å². The normalized spacial score (nSPS) is 23.7. The number of rotatable bonds is 3. The number of aliphatic hydroxyl groups excluding tert-OH is 1. The number of aromatic nitrogens is 1. The van der Waals surface area contributed by atoms with E-state index in [4.69, 9.17) is 16.3 Å². The molecule has 0 aliphatic carbocycles. The Hall–Kier alpha value is -1.04. The SMILES string of the molecule is CCn1cc(Cl)cc1C(=O)N1CC(C)OC(CO)C1. The smallest absolute Gasteiger partial charge is 0.270 e. The van der Waals surface area contributed by atoms with Crippen LogP contribution >= 0.6 is 11.6 Å². The standard InChI is InChI=1S/C13H19ClN2O3/c1-3-15-6-10(14)4-12(15)13(18)16-5-9(2)19-11(7-16)8-17/h4,6,9,11,17H,3,5,7-8H2,1-2H3. The first-order valence-electron chi connectivity index (χ1n) is 6.46. The summed E-state index contributed by atoms with van der Waals surface area (Å²) >= 11 is 5.96. The molecule has 1 aliphatic heterocycles. The molecule has 1 N–H and O–H groups in total. The van der Waals surface area contributed by atoms with Crippen molar-refractivity contribution in [1.82, 2.24) is 9.47 Å². The van der Waals surface area contributed by atoms with E-state index in [0.717, 1.165) is 0 Å². The number of carbonyl (C=O) groups is 1. The van der Waals surface area contributed by atoms with E-state index in [1.807, 2.05) is 18.4 Å². The molecule has 1 fully saturated rings. The summed E-state index contributed by atoms with van der Waals surface area (Å²) < 4.78 is 7.37. The summed E-state index contributed by atoms with van der Waals surface area (Å²) in [6.07, 6.45) is 1.37. The summed E-state index contributed by atoms with van der Waals surface area (Å²) in [7, 11) is 0. The van der Waals surface area contributed by atoms with Gasteiger partial charge in [-0.2, -0.15) is 0 Å². The van der Waals surface area contributed by atoms with Crippen molar-refractivity contribution in [1.29, 1.82) is 0 Å². The predicted molar refractivity (Wildman–Crippen MR) is 72.4 cm³/mol. The number of carbonyl (C=O) groups excluding carboxylic acids is 1. The van der Waals surface area contributed by atoms with Gasteiger partial charge in [0, 0.05) is 25.8 Å². The maximum atomic E-state index is 12.5. The van der Waals surface area contributed by atoms with Crippen LogP contribution in [0.1, 0.15) is 24.3 Å². The molecule has 1 saturated heterocycles. The molecule has 106 valence electrons. The van der Waals surface area contributed by atoms with Crippen LogP contribution in [0.2, 0.25) is 5.02 Å². The van der Waals surface area contributed by atoms with Crippen molar-refractivity contribution in [3.63, 3.8) is 0 Å². The van der Waals surface area contributed by atoms with Gasteiger partial charge in [-0.25, -0.2) is 0 Å². The Morgan fingerprint density at radius 2 is 2.32 bits per heavy atom. The molecule has 6 heteroatoms. The van der Waals surface area contributed by atoms with Crippen molar-refractivity contribution < 1.29 is 14.6 Å². The van der Waals surface area contributed by atoms with Gasteiger partial charge in [-0.3, -0.25) is 4.79 Å². The lowest BCUT2D eigenvalue weighted by Crippen LogP contribution is -2.50. The number of morpholine rings is 1. The number of aliphatic hydroxyl groups is 1. The number of nitrogens with zero attached hydrogens (tertiary/aromatic N) is 2. The molecule has 0 saturated carbocycles. The van der Waals surface area contributed by atoms with Gasteiger partial charge in [0.05, 0.1) is 23.8 Å². The first kappa shape index (κ1) is 14.4. The van der Waals surface area contributed by atoms with Crippen LogP contribution in [0.4, 0.5) is 0 Å². The quantitative estimate of drug-likeness (QED) is 0.913. The van der Waals surface area contributed by atoms with Crippen molar-refractivity contribution in [3.8, 4) is 0 Å². The number of aryl methyl sites for hydroxylation is 1. The van der Waals surface area contributed by atoms with Crippen molar-refractivity contribution >= 4 is 17.5 Å². The zero-order valence-electron chi connectivity index (χ0n) is 11.2. The lowest BCUT2D eigenvalue weighted by atomic mass is 10.2. The lowest BCUT2D eigenvalue weighted by Gasteiger charge is -2.36. The van der Waals surface area contributed by atoms with Crippen LogP contribution in [-0.2, 0) is 11.3 Å². The predicted octanol–water partition coefficient (Wildman–Crippen LogP) is 1.38. The molecule has 2 atom stereocenters. The van der Waals surface area contributed by atoms with E-state index in [1.165, 1.54) is 0 Å². The molecule has 5 nitrogen and oxygen atoms in total. The summed E-state index contributed by atoms with van der Waals surface area (Å²) in [5, 5.41) is 9.75. The summed E-state index contributed by atoms with van der Waals surface area (Å²) in [6, 6.07) is 1.68. The van der Waals surface area contributed by atoms with Crippen molar-refractivity contribution in [3.05, 3.63) is 23.0 Å². The zero-order valence-corrected chi connectivity index (χ0v) is 11.9. The molecule has 1 aromatic rings. The van der Waals surface area contributed by atoms with Gasteiger partial charge in [0.1, 0.15) is 5.69 Å². The Kier molecular flexibility index (Phi) is 4.50. The van der Waals surface area contributed by atoms with Crippen molar-refractivity contribution in [2.75, 3.05) is 19.7 Å². The summed E-state index contributed by atoms with van der Waals surface area (Å²) in [6.45, 7) is 5.41.